The number of rotatable bonds is 4. The molecule has 3 nitrogen and oxygen atoms in total. The minimum absolute atomic E-state index is 0.163. The summed E-state index contributed by atoms with van der Waals surface area (Å²) in [7, 11) is 1.59. The van der Waals surface area contributed by atoms with E-state index in [1.807, 2.05) is 31.2 Å². The van der Waals surface area contributed by atoms with Crippen LogP contribution in [-0.2, 0) is 14.9 Å². The van der Waals surface area contributed by atoms with Crippen LogP contribution in [-0.4, -0.2) is 19.7 Å². The molecule has 0 saturated carbocycles. The van der Waals surface area contributed by atoms with E-state index >= 15 is 0 Å². The highest BCUT2D eigenvalue weighted by Gasteiger charge is 2.33. The molecule has 0 spiro atoms. The van der Waals surface area contributed by atoms with Crippen molar-refractivity contribution in [3.63, 3.8) is 0 Å². The average Bonchev–Trinajstić information content (AvgIpc) is 2.67. The Morgan fingerprint density at radius 3 is 2.78 bits per heavy atom. The van der Waals surface area contributed by atoms with Crippen LogP contribution in [0.1, 0.15) is 24.5 Å². The Hall–Kier alpha value is -1.61. The van der Waals surface area contributed by atoms with Crippen molar-refractivity contribution in [2.75, 3.05) is 13.9 Å². The van der Waals surface area contributed by atoms with E-state index in [9.17, 15) is 4.79 Å². The first kappa shape index (κ1) is 12.8. The molecular weight excluding hydrogens is 228 g/mol. The van der Waals surface area contributed by atoms with Crippen LogP contribution in [0, 0.1) is 6.92 Å². The maximum atomic E-state index is 11.5. The summed E-state index contributed by atoms with van der Waals surface area (Å²) in [4.78, 5) is 11.5. The molecule has 0 amide bonds. The molecular formula is C15H18O3. The summed E-state index contributed by atoms with van der Waals surface area (Å²) in [6, 6.07) is 6.05. The van der Waals surface area contributed by atoms with Gasteiger partial charge in [0.25, 0.3) is 0 Å². The van der Waals surface area contributed by atoms with Crippen molar-refractivity contribution in [1.29, 1.82) is 0 Å². The Balaban J connectivity index is 2.37. The highest BCUT2D eigenvalue weighted by molar-refractivity contribution is 5.94. The van der Waals surface area contributed by atoms with Crippen molar-refractivity contribution < 1.29 is 14.3 Å². The van der Waals surface area contributed by atoms with Crippen LogP contribution >= 0.6 is 0 Å². The monoisotopic (exact) mass is 246 g/mol. The third kappa shape index (κ3) is 2.46. The van der Waals surface area contributed by atoms with Crippen LogP contribution in [0.4, 0.5) is 0 Å². The Labute approximate surface area is 107 Å². The summed E-state index contributed by atoms with van der Waals surface area (Å²) in [5.41, 5.74) is 1.89. The number of ether oxygens (including phenoxy) is 2. The molecule has 0 aromatic heterocycles. The van der Waals surface area contributed by atoms with Gasteiger partial charge in [-0.1, -0.05) is 25.1 Å². The fourth-order valence-electron chi connectivity index (χ4n) is 2.28. The lowest BCUT2D eigenvalue weighted by atomic mass is 9.81. The summed E-state index contributed by atoms with van der Waals surface area (Å²) in [5.74, 6) is 0.953. The highest BCUT2D eigenvalue weighted by atomic mass is 16.7. The highest BCUT2D eigenvalue weighted by Crippen LogP contribution is 2.39. The second-order valence-corrected chi connectivity index (χ2v) is 4.94. The molecule has 1 aromatic rings. The van der Waals surface area contributed by atoms with Crippen molar-refractivity contribution in [2.45, 2.75) is 25.7 Å². The van der Waals surface area contributed by atoms with Crippen molar-refractivity contribution in [2.24, 2.45) is 0 Å². The topological polar surface area (TPSA) is 35.5 Å². The zero-order valence-electron chi connectivity index (χ0n) is 11.0. The largest absolute Gasteiger partial charge is 0.467 e. The van der Waals surface area contributed by atoms with Gasteiger partial charge in [0, 0.05) is 24.5 Å². The van der Waals surface area contributed by atoms with Gasteiger partial charge >= 0.3 is 0 Å². The van der Waals surface area contributed by atoms with Crippen LogP contribution in [0.15, 0.2) is 30.4 Å². The minimum atomic E-state index is -0.270. The molecule has 1 atom stereocenters. The van der Waals surface area contributed by atoms with Gasteiger partial charge in [-0.2, -0.15) is 0 Å². The van der Waals surface area contributed by atoms with E-state index in [0.717, 1.165) is 16.9 Å². The van der Waals surface area contributed by atoms with E-state index in [-0.39, 0.29) is 18.0 Å². The first-order valence-electron chi connectivity index (χ1n) is 6.00. The Kier molecular flexibility index (Phi) is 3.53. The van der Waals surface area contributed by atoms with E-state index in [1.165, 1.54) is 0 Å². The molecule has 0 N–H and O–H groups in total. The fraction of sp³-hybridized carbons (Fsp3) is 0.400. The Morgan fingerprint density at radius 1 is 1.39 bits per heavy atom. The maximum Gasteiger partial charge on any atom is 0.188 e. The van der Waals surface area contributed by atoms with Crippen LogP contribution in [0.25, 0.3) is 0 Å². The van der Waals surface area contributed by atoms with Gasteiger partial charge in [-0.25, -0.2) is 0 Å². The van der Waals surface area contributed by atoms with Gasteiger partial charge in [0.1, 0.15) is 5.75 Å². The number of allylic oxidation sites excluding steroid dienone is 2. The van der Waals surface area contributed by atoms with Crippen LogP contribution < -0.4 is 4.74 Å². The van der Waals surface area contributed by atoms with Crippen LogP contribution in [0.3, 0.4) is 0 Å². The molecule has 0 saturated heterocycles. The number of carbonyl (C=O) groups is 1. The normalized spacial score (nSPS) is 22.5. The van der Waals surface area contributed by atoms with Gasteiger partial charge in [-0.3, -0.25) is 4.79 Å². The molecule has 0 fully saturated rings. The first-order valence-corrected chi connectivity index (χ1v) is 6.00. The molecule has 0 heterocycles. The van der Waals surface area contributed by atoms with Gasteiger partial charge in [0.15, 0.2) is 12.6 Å². The molecule has 96 valence electrons. The smallest absolute Gasteiger partial charge is 0.188 e. The molecule has 2 rings (SSSR count). The number of hydrogen-bond donors (Lipinski definition) is 0. The lowest BCUT2D eigenvalue weighted by Gasteiger charge is -2.24. The zero-order chi connectivity index (χ0) is 13.2. The maximum absolute atomic E-state index is 11.5. The molecule has 0 radical (unpaired) electrons. The van der Waals surface area contributed by atoms with Gasteiger partial charge in [-0.15, -0.1) is 0 Å². The lowest BCUT2D eigenvalue weighted by Crippen LogP contribution is -2.19. The van der Waals surface area contributed by atoms with E-state index in [1.54, 1.807) is 13.2 Å². The molecule has 0 bridgehead atoms. The van der Waals surface area contributed by atoms with Crippen LogP contribution in [0.2, 0.25) is 0 Å². The second-order valence-electron chi connectivity index (χ2n) is 4.94. The van der Waals surface area contributed by atoms with Gasteiger partial charge < -0.3 is 9.47 Å². The summed E-state index contributed by atoms with van der Waals surface area (Å²) in [6.07, 6.45) is 4.11. The number of ketones is 1. The fourth-order valence-corrected chi connectivity index (χ4v) is 2.28. The summed E-state index contributed by atoms with van der Waals surface area (Å²) < 4.78 is 10.6. The SMILES string of the molecule is COCOc1cc(C)ccc1[C@]1(C)C=CC(=O)C1. The summed E-state index contributed by atoms with van der Waals surface area (Å²) in [6.45, 7) is 4.28. The number of hydrogen-bond acceptors (Lipinski definition) is 3. The third-order valence-corrected chi connectivity index (χ3v) is 3.26. The quantitative estimate of drug-likeness (QED) is 0.766. The predicted octanol–water partition coefficient (Wildman–Crippen LogP) is 2.76. The predicted molar refractivity (Wildman–Crippen MR) is 69.8 cm³/mol. The molecule has 1 aromatic carbocycles. The van der Waals surface area contributed by atoms with Crippen LogP contribution in [0.5, 0.6) is 5.75 Å². The van der Waals surface area contributed by atoms with Crippen molar-refractivity contribution >= 4 is 5.78 Å². The molecule has 3 heteroatoms. The molecule has 18 heavy (non-hydrogen) atoms. The number of benzene rings is 1. The lowest BCUT2D eigenvalue weighted by molar-refractivity contribution is -0.114. The molecule has 0 unspecified atom stereocenters. The Bertz CT molecular complexity index is 491. The Morgan fingerprint density at radius 2 is 2.17 bits per heavy atom. The van der Waals surface area contributed by atoms with E-state index in [2.05, 4.69) is 6.92 Å². The zero-order valence-corrected chi connectivity index (χ0v) is 11.0. The average molecular weight is 246 g/mol. The first-order chi connectivity index (χ1) is 8.55. The van der Waals surface area contributed by atoms with E-state index in [0.29, 0.717) is 6.42 Å². The second kappa shape index (κ2) is 4.94. The molecule has 1 aliphatic rings. The number of carbonyl (C=O) groups excluding carboxylic acids is 1. The number of aryl methyl sites for hydroxylation is 1. The standard InChI is InChI=1S/C15H18O3/c1-11-4-5-13(14(8-11)18-10-17-3)15(2)7-6-12(16)9-15/h4-8H,9-10H2,1-3H3/t15-/m1/s1. The van der Waals surface area contributed by atoms with Gasteiger partial charge in [0.05, 0.1) is 0 Å². The van der Waals surface area contributed by atoms with Crippen molar-refractivity contribution in [1.82, 2.24) is 0 Å². The van der Waals surface area contributed by atoms with Gasteiger partial charge in [-0.05, 0) is 24.6 Å². The van der Waals surface area contributed by atoms with Crippen molar-refractivity contribution in [3.05, 3.63) is 41.5 Å². The van der Waals surface area contributed by atoms with Crippen molar-refractivity contribution in [3.8, 4) is 5.75 Å². The van der Waals surface area contributed by atoms with E-state index in [4.69, 9.17) is 9.47 Å². The molecule has 0 aliphatic heterocycles. The molecule has 1 aliphatic carbocycles. The number of methoxy groups -OCH3 is 1. The van der Waals surface area contributed by atoms with E-state index < -0.39 is 0 Å². The minimum Gasteiger partial charge on any atom is -0.467 e. The van der Waals surface area contributed by atoms with Gasteiger partial charge in [0.2, 0.25) is 0 Å². The summed E-state index contributed by atoms with van der Waals surface area (Å²) >= 11 is 0. The summed E-state index contributed by atoms with van der Waals surface area (Å²) in [5, 5.41) is 0. The third-order valence-electron chi connectivity index (χ3n) is 3.26.